The number of hydrogen-bond donors (Lipinski definition) is 0. The molecule has 9 heteroatoms. The van der Waals surface area contributed by atoms with Gasteiger partial charge in [-0.1, -0.05) is 34.5 Å². The Labute approximate surface area is 211 Å². The maximum absolute atomic E-state index is 13.3. The number of benzene rings is 2. The summed E-state index contributed by atoms with van der Waals surface area (Å²) >= 11 is 15.4. The molecule has 0 saturated heterocycles. The largest absolute Gasteiger partial charge is 0.286 e. The van der Waals surface area contributed by atoms with Gasteiger partial charge in [0.25, 0.3) is 0 Å². The number of thiazole rings is 1. The summed E-state index contributed by atoms with van der Waals surface area (Å²) in [4.78, 5) is 21.0. The predicted octanol–water partition coefficient (Wildman–Crippen LogP) is 6.94. The second-order valence-corrected chi connectivity index (χ2v) is 10.8. The van der Waals surface area contributed by atoms with E-state index < -0.39 is 0 Å². The van der Waals surface area contributed by atoms with E-state index in [0.717, 1.165) is 32.1 Å². The molecule has 4 rings (SSSR count). The highest BCUT2D eigenvalue weighted by molar-refractivity contribution is 7.99. The number of hydrogen-bond acceptors (Lipinski definition) is 5. The van der Waals surface area contributed by atoms with E-state index in [1.807, 2.05) is 67.9 Å². The molecule has 0 atom stereocenters. The van der Waals surface area contributed by atoms with Gasteiger partial charge in [0, 0.05) is 39.4 Å². The number of fused-ring (bicyclic) bond motifs is 1. The monoisotopic (exact) mass is 518 g/mol. The molecule has 0 aliphatic carbocycles. The van der Waals surface area contributed by atoms with Crippen LogP contribution in [0.25, 0.3) is 10.2 Å². The van der Waals surface area contributed by atoms with Crippen molar-refractivity contribution in [3.05, 3.63) is 69.5 Å². The number of aryl methyl sites for hydroxylation is 3. The van der Waals surface area contributed by atoms with Crippen LogP contribution in [0, 0.1) is 20.8 Å². The van der Waals surface area contributed by atoms with Crippen molar-refractivity contribution in [1.29, 1.82) is 0 Å². The number of halogens is 2. The lowest BCUT2D eigenvalue weighted by Gasteiger charge is -2.20. The third kappa shape index (κ3) is 5.72. The first kappa shape index (κ1) is 24.1. The quantitative estimate of drug-likeness (QED) is 0.237. The zero-order chi connectivity index (χ0) is 23.5. The standard InChI is InChI=1S/C24H24Cl2N4OS2/c1-15-14-16(2)30(28-15)12-11-29(22(31)10-13-32-19-6-4-18(25)5-7-19)24-27-23-17(3)20(26)8-9-21(23)33-24/h4-9,14H,10-13H2,1-3H3. The summed E-state index contributed by atoms with van der Waals surface area (Å²) in [5.74, 6) is 0.716. The van der Waals surface area contributed by atoms with E-state index in [4.69, 9.17) is 28.2 Å². The smallest absolute Gasteiger partial charge is 0.229 e. The van der Waals surface area contributed by atoms with Crippen LogP contribution in [-0.2, 0) is 11.3 Å². The van der Waals surface area contributed by atoms with Gasteiger partial charge in [0.05, 0.1) is 22.5 Å². The lowest BCUT2D eigenvalue weighted by atomic mass is 10.2. The molecule has 0 radical (unpaired) electrons. The van der Waals surface area contributed by atoms with Crippen molar-refractivity contribution >= 4 is 67.6 Å². The number of aromatic nitrogens is 3. The number of carbonyl (C=O) groups is 1. The summed E-state index contributed by atoms with van der Waals surface area (Å²) < 4.78 is 2.96. The Bertz CT molecular complexity index is 1280. The Morgan fingerprint density at radius 3 is 2.58 bits per heavy atom. The van der Waals surface area contributed by atoms with Crippen LogP contribution in [0.15, 0.2) is 47.4 Å². The highest BCUT2D eigenvalue weighted by atomic mass is 35.5. The molecule has 0 spiro atoms. The number of thioether (sulfide) groups is 1. The van der Waals surface area contributed by atoms with Gasteiger partial charge in [0.1, 0.15) is 0 Å². The van der Waals surface area contributed by atoms with E-state index >= 15 is 0 Å². The first-order valence-corrected chi connectivity index (χ1v) is 13.1. The van der Waals surface area contributed by atoms with Crippen LogP contribution in [0.4, 0.5) is 5.13 Å². The van der Waals surface area contributed by atoms with Crippen LogP contribution in [-0.4, -0.2) is 33.0 Å². The van der Waals surface area contributed by atoms with Crippen LogP contribution in [0.5, 0.6) is 0 Å². The Morgan fingerprint density at radius 2 is 1.88 bits per heavy atom. The molecular weight excluding hydrogens is 495 g/mol. The Hall–Kier alpha value is -2.06. The average Bonchev–Trinajstić information content (AvgIpc) is 3.35. The van der Waals surface area contributed by atoms with E-state index in [-0.39, 0.29) is 5.91 Å². The molecule has 0 saturated carbocycles. The zero-order valence-electron chi connectivity index (χ0n) is 18.6. The molecule has 0 aliphatic heterocycles. The van der Waals surface area contributed by atoms with Crippen LogP contribution >= 0.6 is 46.3 Å². The molecular formula is C24H24Cl2N4OS2. The summed E-state index contributed by atoms with van der Waals surface area (Å²) in [6, 6.07) is 13.5. The van der Waals surface area contributed by atoms with Gasteiger partial charge in [0.2, 0.25) is 5.91 Å². The fourth-order valence-corrected chi connectivity index (χ4v) is 5.74. The highest BCUT2D eigenvalue weighted by Gasteiger charge is 2.21. The minimum absolute atomic E-state index is 0.0424. The fraction of sp³-hybridized carbons (Fsp3) is 0.292. The SMILES string of the molecule is Cc1cc(C)n(CCN(C(=O)CCSc2ccc(Cl)cc2)c2nc3c(C)c(Cl)ccc3s2)n1. The maximum atomic E-state index is 13.3. The Balaban J connectivity index is 1.53. The number of nitrogens with zero attached hydrogens (tertiary/aromatic N) is 4. The normalized spacial score (nSPS) is 11.3. The average molecular weight is 520 g/mol. The lowest BCUT2D eigenvalue weighted by Crippen LogP contribution is -2.34. The lowest BCUT2D eigenvalue weighted by molar-refractivity contribution is -0.118. The molecule has 0 N–H and O–H groups in total. The van der Waals surface area contributed by atoms with Crippen LogP contribution in [0.3, 0.4) is 0 Å². The van der Waals surface area contributed by atoms with Crippen molar-refractivity contribution in [2.45, 2.75) is 38.6 Å². The topological polar surface area (TPSA) is 51.0 Å². The molecule has 0 aliphatic rings. The van der Waals surface area contributed by atoms with Crippen molar-refractivity contribution in [2.75, 3.05) is 17.2 Å². The number of amides is 1. The molecule has 5 nitrogen and oxygen atoms in total. The van der Waals surface area contributed by atoms with E-state index in [9.17, 15) is 4.79 Å². The summed E-state index contributed by atoms with van der Waals surface area (Å²) in [5.41, 5.74) is 3.82. The molecule has 33 heavy (non-hydrogen) atoms. The van der Waals surface area contributed by atoms with Crippen LogP contribution < -0.4 is 4.90 Å². The first-order valence-electron chi connectivity index (χ1n) is 10.6. The van der Waals surface area contributed by atoms with Crippen molar-refractivity contribution in [3.63, 3.8) is 0 Å². The predicted molar refractivity (Wildman–Crippen MR) is 140 cm³/mol. The molecule has 4 aromatic rings. The van der Waals surface area contributed by atoms with E-state index in [2.05, 4.69) is 5.10 Å². The molecule has 0 fully saturated rings. The summed E-state index contributed by atoms with van der Waals surface area (Å²) in [6.07, 6.45) is 0.403. The number of rotatable bonds is 8. The molecule has 2 aromatic carbocycles. The van der Waals surface area contributed by atoms with E-state index in [0.29, 0.717) is 40.4 Å². The van der Waals surface area contributed by atoms with Crippen molar-refractivity contribution < 1.29 is 4.79 Å². The third-order valence-corrected chi connectivity index (χ3v) is 8.02. The summed E-state index contributed by atoms with van der Waals surface area (Å²) in [6.45, 7) is 7.06. The summed E-state index contributed by atoms with van der Waals surface area (Å²) in [5, 5.41) is 6.62. The molecule has 2 aromatic heterocycles. The molecule has 2 heterocycles. The van der Waals surface area contributed by atoms with Crippen molar-refractivity contribution in [1.82, 2.24) is 14.8 Å². The van der Waals surface area contributed by atoms with Crippen LogP contribution in [0.1, 0.15) is 23.4 Å². The minimum atomic E-state index is 0.0424. The number of anilines is 1. The zero-order valence-corrected chi connectivity index (χ0v) is 21.8. The molecule has 1 amide bonds. The second kappa shape index (κ2) is 10.5. The van der Waals surface area contributed by atoms with Gasteiger partial charge in [-0.15, -0.1) is 11.8 Å². The minimum Gasteiger partial charge on any atom is -0.286 e. The maximum Gasteiger partial charge on any atom is 0.229 e. The van der Waals surface area contributed by atoms with Gasteiger partial charge in [-0.25, -0.2) is 4.98 Å². The second-order valence-electron chi connectivity index (χ2n) is 7.76. The van der Waals surface area contributed by atoms with Gasteiger partial charge in [-0.3, -0.25) is 14.4 Å². The van der Waals surface area contributed by atoms with Gasteiger partial charge in [0.15, 0.2) is 5.13 Å². The van der Waals surface area contributed by atoms with Crippen molar-refractivity contribution in [3.8, 4) is 0 Å². The molecule has 172 valence electrons. The van der Waals surface area contributed by atoms with Gasteiger partial charge < -0.3 is 0 Å². The Kier molecular flexibility index (Phi) is 7.64. The van der Waals surface area contributed by atoms with E-state index in [1.54, 1.807) is 16.7 Å². The number of carbonyl (C=O) groups excluding carboxylic acids is 1. The summed E-state index contributed by atoms with van der Waals surface area (Å²) in [7, 11) is 0. The third-order valence-electron chi connectivity index (χ3n) is 5.31. The van der Waals surface area contributed by atoms with Gasteiger partial charge in [-0.05, 0) is 68.8 Å². The molecule has 0 unspecified atom stereocenters. The van der Waals surface area contributed by atoms with Crippen LogP contribution in [0.2, 0.25) is 10.0 Å². The highest BCUT2D eigenvalue weighted by Crippen LogP contribution is 2.34. The molecule has 0 bridgehead atoms. The van der Waals surface area contributed by atoms with Gasteiger partial charge in [-0.2, -0.15) is 5.10 Å². The first-order chi connectivity index (χ1) is 15.8. The van der Waals surface area contributed by atoms with Gasteiger partial charge >= 0.3 is 0 Å². The Morgan fingerprint density at radius 1 is 1.12 bits per heavy atom. The fourth-order valence-electron chi connectivity index (χ4n) is 3.55. The van der Waals surface area contributed by atoms with E-state index in [1.165, 1.54) is 11.3 Å². The van der Waals surface area contributed by atoms with Crippen molar-refractivity contribution in [2.24, 2.45) is 0 Å².